The lowest BCUT2D eigenvalue weighted by molar-refractivity contribution is 0.0580. The second-order valence-corrected chi connectivity index (χ2v) is 5.99. The third-order valence-electron chi connectivity index (χ3n) is 3.93. The normalized spacial score (nSPS) is 22.1. The van der Waals surface area contributed by atoms with Crippen LogP contribution in [0.5, 0.6) is 0 Å². The molecular weight excluding hydrogens is 254 g/mol. The van der Waals surface area contributed by atoms with E-state index in [0.29, 0.717) is 13.0 Å². The van der Waals surface area contributed by atoms with Crippen molar-refractivity contribution < 1.29 is 14.6 Å². The van der Waals surface area contributed by atoms with Crippen molar-refractivity contribution in [3.05, 3.63) is 35.9 Å². The molecule has 1 unspecified atom stereocenters. The van der Waals surface area contributed by atoms with Crippen molar-refractivity contribution >= 4 is 6.09 Å². The van der Waals surface area contributed by atoms with Crippen molar-refractivity contribution in [1.82, 2.24) is 4.90 Å². The molecule has 1 fully saturated rings. The van der Waals surface area contributed by atoms with E-state index in [-0.39, 0.29) is 24.3 Å². The average molecular weight is 277 g/mol. The highest BCUT2D eigenvalue weighted by atomic mass is 16.6. The van der Waals surface area contributed by atoms with Crippen molar-refractivity contribution in [2.75, 3.05) is 6.54 Å². The summed E-state index contributed by atoms with van der Waals surface area (Å²) in [6, 6.07) is 9.66. The first-order chi connectivity index (χ1) is 9.49. The first-order valence-corrected chi connectivity index (χ1v) is 7.15. The van der Waals surface area contributed by atoms with Crippen LogP contribution < -0.4 is 0 Å². The number of carbonyl (C=O) groups excluding carboxylic acids is 1. The fraction of sp³-hybridized carbons (Fsp3) is 0.562. The second kappa shape index (κ2) is 6.27. The Kier molecular flexibility index (Phi) is 4.65. The van der Waals surface area contributed by atoms with Gasteiger partial charge in [-0.3, -0.25) is 0 Å². The van der Waals surface area contributed by atoms with Gasteiger partial charge in [-0.15, -0.1) is 0 Å². The van der Waals surface area contributed by atoms with Gasteiger partial charge in [0.1, 0.15) is 6.61 Å². The lowest BCUT2D eigenvalue weighted by Crippen LogP contribution is -2.47. The van der Waals surface area contributed by atoms with Crippen molar-refractivity contribution in [2.45, 2.75) is 51.4 Å². The zero-order valence-electron chi connectivity index (χ0n) is 12.2. The molecule has 110 valence electrons. The van der Waals surface area contributed by atoms with Crippen molar-refractivity contribution in [3.63, 3.8) is 0 Å². The van der Waals surface area contributed by atoms with Gasteiger partial charge in [0.05, 0.1) is 6.10 Å². The summed E-state index contributed by atoms with van der Waals surface area (Å²) in [5.74, 6) is 0. The highest BCUT2D eigenvalue weighted by Crippen LogP contribution is 2.27. The van der Waals surface area contributed by atoms with Gasteiger partial charge < -0.3 is 14.7 Å². The Hall–Kier alpha value is -1.55. The summed E-state index contributed by atoms with van der Waals surface area (Å²) < 4.78 is 5.40. The maximum atomic E-state index is 12.3. The molecule has 1 aliphatic rings. The molecule has 4 heteroatoms. The van der Waals surface area contributed by atoms with Crippen molar-refractivity contribution in [1.29, 1.82) is 0 Å². The first-order valence-electron chi connectivity index (χ1n) is 7.15. The molecule has 0 spiro atoms. The van der Waals surface area contributed by atoms with Crippen LogP contribution in [0.15, 0.2) is 30.3 Å². The van der Waals surface area contributed by atoms with E-state index in [0.717, 1.165) is 18.4 Å². The van der Waals surface area contributed by atoms with E-state index >= 15 is 0 Å². The predicted octanol–water partition coefficient (Wildman–Crippen LogP) is 2.95. The monoisotopic (exact) mass is 277 g/mol. The van der Waals surface area contributed by atoms with Crippen LogP contribution >= 0.6 is 0 Å². The molecular formula is C16H23NO3. The Morgan fingerprint density at radius 2 is 2.05 bits per heavy atom. The van der Waals surface area contributed by atoms with Gasteiger partial charge in [0.2, 0.25) is 0 Å². The highest BCUT2D eigenvalue weighted by molar-refractivity contribution is 5.68. The van der Waals surface area contributed by atoms with Gasteiger partial charge in [-0.2, -0.15) is 0 Å². The van der Waals surface area contributed by atoms with Crippen LogP contribution in [0.3, 0.4) is 0 Å². The summed E-state index contributed by atoms with van der Waals surface area (Å²) in [5.41, 5.74) is 0.708. The molecule has 2 rings (SSSR count). The number of nitrogens with zero attached hydrogens (tertiary/aromatic N) is 1. The molecule has 20 heavy (non-hydrogen) atoms. The van der Waals surface area contributed by atoms with Crippen molar-refractivity contribution in [2.24, 2.45) is 0 Å². The molecule has 0 radical (unpaired) electrons. The molecule has 1 N–H and O–H groups in total. The van der Waals surface area contributed by atoms with Gasteiger partial charge in [-0.1, -0.05) is 30.3 Å². The van der Waals surface area contributed by atoms with Crippen LogP contribution in [-0.4, -0.2) is 34.3 Å². The number of ether oxygens (including phenoxy) is 1. The third kappa shape index (κ3) is 3.73. The Morgan fingerprint density at radius 1 is 1.35 bits per heavy atom. The Labute approximate surface area is 120 Å². The van der Waals surface area contributed by atoms with Gasteiger partial charge >= 0.3 is 6.09 Å². The molecule has 1 heterocycles. The van der Waals surface area contributed by atoms with E-state index in [9.17, 15) is 9.90 Å². The van der Waals surface area contributed by atoms with Crippen LogP contribution in [0.4, 0.5) is 4.79 Å². The number of benzene rings is 1. The van der Waals surface area contributed by atoms with Gasteiger partial charge in [0.15, 0.2) is 0 Å². The number of aliphatic hydroxyl groups excluding tert-OH is 1. The van der Waals surface area contributed by atoms with Gasteiger partial charge in [-0.05, 0) is 38.7 Å². The fourth-order valence-corrected chi connectivity index (χ4v) is 2.52. The summed E-state index contributed by atoms with van der Waals surface area (Å²) in [6.45, 7) is 4.88. The molecule has 0 saturated carbocycles. The molecule has 1 aromatic rings. The largest absolute Gasteiger partial charge is 0.445 e. The maximum Gasteiger partial charge on any atom is 0.410 e. The van der Waals surface area contributed by atoms with E-state index in [1.165, 1.54) is 0 Å². The summed E-state index contributed by atoms with van der Waals surface area (Å²) in [4.78, 5) is 14.0. The minimum Gasteiger partial charge on any atom is -0.445 e. The van der Waals surface area contributed by atoms with Gasteiger partial charge in [-0.25, -0.2) is 4.79 Å². The minimum atomic E-state index is -0.318. The second-order valence-electron chi connectivity index (χ2n) is 5.99. The average Bonchev–Trinajstić information content (AvgIpc) is 2.57. The number of carbonyl (C=O) groups is 1. The number of hydrogen-bond acceptors (Lipinski definition) is 3. The molecule has 0 bridgehead atoms. The van der Waals surface area contributed by atoms with Crippen LogP contribution in [0.25, 0.3) is 0 Å². The summed E-state index contributed by atoms with van der Waals surface area (Å²) in [6.07, 6.45) is 1.52. The van der Waals surface area contributed by atoms with Crippen LogP contribution in [0.2, 0.25) is 0 Å². The van der Waals surface area contributed by atoms with Crippen LogP contribution in [0.1, 0.15) is 38.7 Å². The summed E-state index contributed by atoms with van der Waals surface area (Å²) in [5, 5.41) is 9.75. The lowest BCUT2D eigenvalue weighted by Gasteiger charge is -2.36. The predicted molar refractivity (Wildman–Crippen MR) is 77.3 cm³/mol. The van der Waals surface area contributed by atoms with Crippen molar-refractivity contribution in [3.8, 4) is 0 Å². The Morgan fingerprint density at radius 3 is 2.75 bits per heavy atom. The molecule has 1 atom stereocenters. The number of hydrogen-bond donors (Lipinski definition) is 1. The zero-order chi connectivity index (χ0) is 14.6. The van der Waals surface area contributed by atoms with E-state index in [1.807, 2.05) is 44.2 Å². The molecule has 1 aromatic carbocycles. The SMILES string of the molecule is CC1(C)CCC(O)CCN1C(=O)OCc1ccccc1. The Balaban J connectivity index is 1.96. The van der Waals surface area contributed by atoms with E-state index in [2.05, 4.69) is 0 Å². The molecule has 4 nitrogen and oxygen atoms in total. The van der Waals surface area contributed by atoms with E-state index in [4.69, 9.17) is 4.74 Å². The van der Waals surface area contributed by atoms with Gasteiger partial charge in [0.25, 0.3) is 0 Å². The highest BCUT2D eigenvalue weighted by Gasteiger charge is 2.35. The Bertz CT molecular complexity index is 444. The molecule has 0 aliphatic carbocycles. The third-order valence-corrected chi connectivity index (χ3v) is 3.93. The minimum absolute atomic E-state index is 0.273. The lowest BCUT2D eigenvalue weighted by atomic mass is 9.97. The maximum absolute atomic E-state index is 12.3. The smallest absolute Gasteiger partial charge is 0.410 e. The summed E-state index contributed by atoms with van der Waals surface area (Å²) in [7, 11) is 0. The van der Waals surface area contributed by atoms with E-state index in [1.54, 1.807) is 4.90 Å². The topological polar surface area (TPSA) is 49.8 Å². The number of amides is 1. The van der Waals surface area contributed by atoms with Gasteiger partial charge in [0, 0.05) is 12.1 Å². The number of aliphatic hydroxyl groups is 1. The van der Waals surface area contributed by atoms with Crippen LogP contribution in [-0.2, 0) is 11.3 Å². The first kappa shape index (κ1) is 14.9. The molecule has 0 aromatic heterocycles. The van der Waals surface area contributed by atoms with Crippen LogP contribution in [0, 0.1) is 0 Å². The number of likely N-dealkylation sites (tertiary alicyclic amines) is 1. The quantitative estimate of drug-likeness (QED) is 0.904. The molecule has 1 saturated heterocycles. The fourth-order valence-electron chi connectivity index (χ4n) is 2.52. The van der Waals surface area contributed by atoms with E-state index < -0.39 is 0 Å². The molecule has 1 aliphatic heterocycles. The number of rotatable bonds is 2. The molecule has 1 amide bonds. The standard InChI is InChI=1S/C16H23NO3/c1-16(2)10-8-14(18)9-11-17(16)15(19)20-12-13-6-4-3-5-7-13/h3-7,14,18H,8-12H2,1-2H3. The summed E-state index contributed by atoms with van der Waals surface area (Å²) >= 11 is 0. The zero-order valence-corrected chi connectivity index (χ0v) is 12.2.